The molecule has 0 radical (unpaired) electrons. The van der Waals surface area contributed by atoms with E-state index in [9.17, 15) is 9.59 Å². The Morgan fingerprint density at radius 2 is 2.31 bits per heavy atom. The van der Waals surface area contributed by atoms with Crippen LogP contribution < -0.4 is 5.32 Å². The van der Waals surface area contributed by atoms with E-state index in [0.29, 0.717) is 19.5 Å². The van der Waals surface area contributed by atoms with Crippen molar-refractivity contribution >= 4 is 24.4 Å². The van der Waals surface area contributed by atoms with Crippen molar-refractivity contribution in [2.45, 2.75) is 32.2 Å². The maximum absolute atomic E-state index is 12.1. The van der Waals surface area contributed by atoms with E-state index in [1.807, 2.05) is 0 Å². The minimum Gasteiger partial charge on any atom is -0.353 e. The molecule has 0 aromatic rings. The predicted octanol–water partition coefficient (Wildman–Crippen LogP) is 0.433. The van der Waals surface area contributed by atoms with Gasteiger partial charge in [0.05, 0.1) is 0 Å². The van der Waals surface area contributed by atoms with Crippen LogP contribution in [0.15, 0.2) is 0 Å². The minimum absolute atomic E-state index is 0.0460. The van der Waals surface area contributed by atoms with Crippen molar-refractivity contribution in [1.29, 1.82) is 0 Å². The molecule has 1 unspecified atom stereocenters. The largest absolute Gasteiger partial charge is 0.353 e. The monoisotopic (exact) mass is 242 g/mol. The summed E-state index contributed by atoms with van der Waals surface area (Å²) in [4.78, 5) is 25.2. The normalized spacial score (nSPS) is 27.5. The second-order valence-electron chi connectivity index (χ2n) is 4.89. The SMILES string of the molecule is CC1C(=O)NCCN1C(=O)CC1(CS)CC1. The molecule has 1 N–H and O–H groups in total. The number of carbonyl (C=O) groups excluding carboxylic acids is 2. The fourth-order valence-electron chi connectivity index (χ4n) is 2.11. The van der Waals surface area contributed by atoms with Crippen molar-refractivity contribution in [2.24, 2.45) is 5.41 Å². The van der Waals surface area contributed by atoms with Gasteiger partial charge in [-0.2, -0.15) is 12.6 Å². The molecule has 1 saturated carbocycles. The molecular formula is C11H18N2O2S. The maximum Gasteiger partial charge on any atom is 0.242 e. The zero-order chi connectivity index (χ0) is 11.8. The second kappa shape index (κ2) is 4.28. The number of piperazine rings is 1. The highest BCUT2D eigenvalue weighted by Gasteiger charge is 2.44. The van der Waals surface area contributed by atoms with Gasteiger partial charge in [0.15, 0.2) is 0 Å². The summed E-state index contributed by atoms with van der Waals surface area (Å²) < 4.78 is 0. The Morgan fingerprint density at radius 1 is 1.62 bits per heavy atom. The van der Waals surface area contributed by atoms with Crippen LogP contribution in [0.3, 0.4) is 0 Å². The Labute approximate surface area is 101 Å². The highest BCUT2D eigenvalue weighted by Crippen LogP contribution is 2.49. The average Bonchev–Trinajstić information content (AvgIpc) is 3.02. The predicted molar refractivity (Wildman–Crippen MR) is 64.3 cm³/mol. The van der Waals surface area contributed by atoms with Crippen LogP contribution in [-0.2, 0) is 9.59 Å². The number of nitrogens with zero attached hydrogens (tertiary/aromatic N) is 1. The molecule has 2 fully saturated rings. The molecule has 2 rings (SSSR count). The van der Waals surface area contributed by atoms with Crippen LogP contribution >= 0.6 is 12.6 Å². The number of hydrogen-bond acceptors (Lipinski definition) is 3. The lowest BCUT2D eigenvalue weighted by Gasteiger charge is -2.33. The van der Waals surface area contributed by atoms with Crippen molar-refractivity contribution in [3.8, 4) is 0 Å². The molecule has 2 aliphatic rings. The van der Waals surface area contributed by atoms with Crippen molar-refractivity contribution in [3.63, 3.8) is 0 Å². The van der Waals surface area contributed by atoms with Crippen LogP contribution in [0.2, 0.25) is 0 Å². The van der Waals surface area contributed by atoms with Gasteiger partial charge in [-0.15, -0.1) is 0 Å². The summed E-state index contributed by atoms with van der Waals surface area (Å²) in [5.41, 5.74) is 0.133. The van der Waals surface area contributed by atoms with Gasteiger partial charge in [-0.25, -0.2) is 0 Å². The first-order valence-electron chi connectivity index (χ1n) is 5.76. The third-order valence-electron chi connectivity index (χ3n) is 3.64. The van der Waals surface area contributed by atoms with E-state index in [2.05, 4.69) is 17.9 Å². The summed E-state index contributed by atoms with van der Waals surface area (Å²) in [5.74, 6) is 0.830. The summed E-state index contributed by atoms with van der Waals surface area (Å²) in [6.07, 6.45) is 2.74. The van der Waals surface area contributed by atoms with Gasteiger partial charge in [0.25, 0.3) is 0 Å². The Bertz CT molecular complexity index is 315. The highest BCUT2D eigenvalue weighted by atomic mass is 32.1. The van der Waals surface area contributed by atoms with Crippen molar-refractivity contribution in [2.75, 3.05) is 18.8 Å². The molecule has 5 heteroatoms. The third-order valence-corrected chi connectivity index (χ3v) is 4.31. The van der Waals surface area contributed by atoms with Gasteiger partial charge in [-0.3, -0.25) is 9.59 Å². The molecule has 0 aromatic carbocycles. The third kappa shape index (κ3) is 2.19. The van der Waals surface area contributed by atoms with Crippen molar-refractivity contribution in [1.82, 2.24) is 10.2 Å². The minimum atomic E-state index is -0.322. The van der Waals surface area contributed by atoms with Crippen LogP contribution in [0.1, 0.15) is 26.2 Å². The molecule has 1 heterocycles. The van der Waals surface area contributed by atoms with Crippen LogP contribution in [0.4, 0.5) is 0 Å². The Hall–Kier alpha value is -0.710. The summed E-state index contributed by atoms with van der Waals surface area (Å²) in [5, 5.41) is 2.76. The van der Waals surface area contributed by atoms with Crippen LogP contribution in [0, 0.1) is 5.41 Å². The van der Waals surface area contributed by atoms with Crippen LogP contribution in [-0.4, -0.2) is 41.6 Å². The standard InChI is InChI=1S/C11H18N2O2S/c1-8-10(15)12-4-5-13(8)9(14)6-11(7-16)2-3-11/h8,16H,2-7H2,1H3,(H,12,15). The van der Waals surface area contributed by atoms with Crippen LogP contribution in [0.25, 0.3) is 0 Å². The van der Waals surface area contributed by atoms with E-state index >= 15 is 0 Å². The summed E-state index contributed by atoms with van der Waals surface area (Å²) in [6, 6.07) is -0.322. The van der Waals surface area contributed by atoms with E-state index in [-0.39, 0.29) is 23.3 Å². The smallest absolute Gasteiger partial charge is 0.242 e. The second-order valence-corrected chi connectivity index (χ2v) is 5.21. The highest BCUT2D eigenvalue weighted by molar-refractivity contribution is 7.80. The van der Waals surface area contributed by atoms with Gasteiger partial charge in [0, 0.05) is 19.5 Å². The molecule has 0 spiro atoms. The maximum atomic E-state index is 12.1. The lowest BCUT2D eigenvalue weighted by Crippen LogP contribution is -2.56. The Kier molecular flexibility index (Phi) is 3.15. The number of nitrogens with one attached hydrogen (secondary N) is 1. The number of thiol groups is 1. The molecule has 1 aliphatic heterocycles. The fourth-order valence-corrected chi connectivity index (χ4v) is 2.54. The van der Waals surface area contributed by atoms with E-state index < -0.39 is 0 Å². The number of carbonyl (C=O) groups is 2. The van der Waals surface area contributed by atoms with E-state index in [4.69, 9.17) is 0 Å². The van der Waals surface area contributed by atoms with Crippen molar-refractivity contribution in [3.05, 3.63) is 0 Å². The molecule has 1 saturated heterocycles. The Balaban J connectivity index is 1.96. The Morgan fingerprint density at radius 3 is 2.88 bits per heavy atom. The zero-order valence-electron chi connectivity index (χ0n) is 9.53. The number of amides is 2. The molecule has 1 aliphatic carbocycles. The van der Waals surface area contributed by atoms with Gasteiger partial charge in [0.2, 0.25) is 11.8 Å². The van der Waals surface area contributed by atoms with E-state index in [1.165, 1.54) is 0 Å². The van der Waals surface area contributed by atoms with Gasteiger partial charge in [-0.05, 0) is 30.9 Å². The van der Waals surface area contributed by atoms with Gasteiger partial charge in [0.1, 0.15) is 6.04 Å². The molecule has 0 bridgehead atoms. The quantitative estimate of drug-likeness (QED) is 0.705. The van der Waals surface area contributed by atoms with Crippen LogP contribution in [0.5, 0.6) is 0 Å². The van der Waals surface area contributed by atoms with Gasteiger partial charge in [-0.1, -0.05) is 0 Å². The van der Waals surface area contributed by atoms with E-state index in [0.717, 1.165) is 18.6 Å². The molecule has 1 atom stereocenters. The fraction of sp³-hybridized carbons (Fsp3) is 0.818. The lowest BCUT2D eigenvalue weighted by atomic mass is 10.0. The average molecular weight is 242 g/mol. The van der Waals surface area contributed by atoms with E-state index in [1.54, 1.807) is 11.8 Å². The lowest BCUT2D eigenvalue weighted by molar-refractivity contribution is -0.143. The first-order chi connectivity index (χ1) is 7.58. The van der Waals surface area contributed by atoms with Crippen molar-refractivity contribution < 1.29 is 9.59 Å². The summed E-state index contributed by atoms with van der Waals surface area (Å²) in [7, 11) is 0. The summed E-state index contributed by atoms with van der Waals surface area (Å²) >= 11 is 4.29. The first-order valence-corrected chi connectivity index (χ1v) is 6.39. The molecule has 4 nitrogen and oxygen atoms in total. The molecular weight excluding hydrogens is 224 g/mol. The first kappa shape index (κ1) is 11.8. The topological polar surface area (TPSA) is 49.4 Å². The molecule has 90 valence electrons. The summed E-state index contributed by atoms with van der Waals surface area (Å²) in [6.45, 7) is 2.99. The molecule has 0 aromatic heterocycles. The molecule has 2 amide bonds. The molecule has 16 heavy (non-hydrogen) atoms. The van der Waals surface area contributed by atoms with Gasteiger partial charge < -0.3 is 10.2 Å². The number of rotatable bonds is 3. The zero-order valence-corrected chi connectivity index (χ0v) is 10.4. The van der Waals surface area contributed by atoms with Gasteiger partial charge >= 0.3 is 0 Å². The number of hydrogen-bond donors (Lipinski definition) is 2.